The smallest absolute Gasteiger partial charge is 0.244 e. The van der Waals surface area contributed by atoms with E-state index in [0.29, 0.717) is 31.3 Å². The number of nitrogens with zero attached hydrogens (tertiary/aromatic N) is 2. The number of fused-ring (bicyclic) bond motifs is 1. The van der Waals surface area contributed by atoms with Gasteiger partial charge in [-0.3, -0.25) is 13.9 Å². The molecule has 42 heavy (non-hydrogen) atoms. The van der Waals surface area contributed by atoms with Crippen molar-refractivity contribution in [1.82, 2.24) is 10.2 Å². The van der Waals surface area contributed by atoms with Crippen LogP contribution in [0.1, 0.15) is 25.0 Å². The van der Waals surface area contributed by atoms with Gasteiger partial charge in [0.1, 0.15) is 25.8 Å². The van der Waals surface area contributed by atoms with Crippen molar-refractivity contribution in [1.29, 1.82) is 0 Å². The molecule has 224 valence electrons. The lowest BCUT2D eigenvalue weighted by Crippen LogP contribution is -2.53. The first-order chi connectivity index (χ1) is 20.0. The Morgan fingerprint density at radius 3 is 2.29 bits per heavy atom. The fourth-order valence-corrected chi connectivity index (χ4v) is 5.90. The molecule has 0 saturated carbocycles. The van der Waals surface area contributed by atoms with Gasteiger partial charge in [0.15, 0.2) is 11.5 Å². The number of carbonyl (C=O) groups is 2. The third-order valence-corrected chi connectivity index (χ3v) is 8.32. The van der Waals surface area contributed by atoms with Crippen LogP contribution < -0.4 is 19.1 Å². The Labute approximate surface area is 256 Å². The molecular formula is C31H36BrN3O6S. The van der Waals surface area contributed by atoms with E-state index < -0.39 is 28.5 Å². The van der Waals surface area contributed by atoms with Crippen molar-refractivity contribution in [3.63, 3.8) is 0 Å². The number of nitrogens with one attached hydrogen (secondary N) is 1. The molecule has 1 unspecified atom stereocenters. The summed E-state index contributed by atoms with van der Waals surface area (Å²) in [5, 5.41) is 2.98. The molecule has 2 amide bonds. The maximum atomic E-state index is 14.2. The average Bonchev–Trinajstić information content (AvgIpc) is 2.96. The summed E-state index contributed by atoms with van der Waals surface area (Å²) >= 11 is 3.48. The number of rotatable bonds is 12. The van der Waals surface area contributed by atoms with Gasteiger partial charge in [-0.1, -0.05) is 72.2 Å². The fraction of sp³-hybridized carbons (Fsp3) is 0.355. The van der Waals surface area contributed by atoms with Crippen LogP contribution >= 0.6 is 15.9 Å². The molecule has 0 saturated heterocycles. The van der Waals surface area contributed by atoms with E-state index in [4.69, 9.17) is 9.47 Å². The Hall–Kier alpha value is -3.57. The van der Waals surface area contributed by atoms with Gasteiger partial charge >= 0.3 is 0 Å². The van der Waals surface area contributed by atoms with Gasteiger partial charge in [0.05, 0.1) is 11.9 Å². The summed E-state index contributed by atoms with van der Waals surface area (Å²) in [4.78, 5) is 29.4. The number of ether oxygens (including phenoxy) is 2. The third kappa shape index (κ3) is 8.48. The topological polar surface area (TPSA) is 105 Å². The number of hydrogen-bond donors (Lipinski definition) is 1. The zero-order valence-electron chi connectivity index (χ0n) is 24.0. The van der Waals surface area contributed by atoms with Gasteiger partial charge in [0, 0.05) is 30.0 Å². The first-order valence-electron chi connectivity index (χ1n) is 13.7. The van der Waals surface area contributed by atoms with Crippen molar-refractivity contribution < 1.29 is 27.5 Å². The lowest BCUT2D eigenvalue weighted by molar-refractivity contribution is -0.140. The summed E-state index contributed by atoms with van der Waals surface area (Å²) in [6.45, 7) is 4.76. The molecule has 9 nitrogen and oxygen atoms in total. The monoisotopic (exact) mass is 657 g/mol. The Morgan fingerprint density at radius 1 is 0.929 bits per heavy atom. The molecule has 0 aliphatic carbocycles. The van der Waals surface area contributed by atoms with Gasteiger partial charge in [0.2, 0.25) is 21.8 Å². The van der Waals surface area contributed by atoms with Gasteiger partial charge < -0.3 is 19.7 Å². The number of anilines is 1. The number of hydrogen-bond acceptors (Lipinski definition) is 6. The molecule has 0 aromatic heterocycles. The summed E-state index contributed by atoms with van der Waals surface area (Å²) in [6, 6.07) is 20.8. The number of benzene rings is 3. The molecule has 1 aliphatic rings. The minimum absolute atomic E-state index is 0.101. The maximum absolute atomic E-state index is 14.2. The van der Waals surface area contributed by atoms with Crippen LogP contribution in [0.15, 0.2) is 77.3 Å². The van der Waals surface area contributed by atoms with Crippen molar-refractivity contribution in [2.45, 2.75) is 32.9 Å². The lowest BCUT2D eigenvalue weighted by Gasteiger charge is -2.34. The van der Waals surface area contributed by atoms with E-state index in [1.54, 1.807) is 18.2 Å². The highest BCUT2D eigenvalue weighted by atomic mass is 79.9. The van der Waals surface area contributed by atoms with Crippen molar-refractivity contribution in [3.8, 4) is 11.5 Å². The molecule has 1 atom stereocenters. The standard InChI is InChI=1S/C31H36BrN3O6S/c1-22(2)19-33-31(37)27(17-23-8-5-4-6-9-23)34(20-24-10-7-11-25(32)16-24)30(36)21-35(42(3,38)39)26-12-13-28-29(18-26)41-15-14-40-28/h4-13,16,18,22,27H,14-15,17,19-21H2,1-3H3,(H,33,37). The Balaban J connectivity index is 1.72. The van der Waals surface area contributed by atoms with Crippen LogP contribution in [0.4, 0.5) is 5.69 Å². The number of sulfonamides is 1. The minimum Gasteiger partial charge on any atom is -0.486 e. The van der Waals surface area contributed by atoms with Crippen molar-refractivity contribution in [3.05, 3.63) is 88.4 Å². The SMILES string of the molecule is CC(C)CNC(=O)C(Cc1ccccc1)N(Cc1cccc(Br)c1)C(=O)CN(c1ccc2c(c1)OCCO2)S(C)(=O)=O. The second-order valence-corrected chi connectivity index (χ2v) is 13.4. The summed E-state index contributed by atoms with van der Waals surface area (Å²) in [6.07, 6.45) is 1.31. The maximum Gasteiger partial charge on any atom is 0.244 e. The van der Waals surface area contributed by atoms with E-state index in [1.165, 1.54) is 4.90 Å². The first-order valence-corrected chi connectivity index (χ1v) is 16.4. The Kier molecular flexibility index (Phi) is 10.5. The average molecular weight is 659 g/mol. The van der Waals surface area contributed by atoms with E-state index in [9.17, 15) is 18.0 Å². The van der Waals surface area contributed by atoms with Crippen LogP contribution in [0.5, 0.6) is 11.5 Å². The molecule has 1 aliphatic heterocycles. The summed E-state index contributed by atoms with van der Waals surface area (Å²) < 4.78 is 39.2. The lowest BCUT2D eigenvalue weighted by atomic mass is 10.0. The second-order valence-electron chi connectivity index (χ2n) is 10.6. The highest BCUT2D eigenvalue weighted by Gasteiger charge is 2.33. The minimum atomic E-state index is -3.90. The number of halogens is 1. The molecule has 0 fully saturated rings. The Morgan fingerprint density at radius 2 is 1.62 bits per heavy atom. The highest BCUT2D eigenvalue weighted by Crippen LogP contribution is 2.35. The van der Waals surface area contributed by atoms with Crippen molar-refractivity contribution >= 4 is 43.5 Å². The number of amides is 2. The number of carbonyl (C=O) groups excluding carboxylic acids is 2. The Bertz CT molecular complexity index is 1500. The third-order valence-electron chi connectivity index (χ3n) is 6.69. The molecule has 3 aromatic rings. The predicted molar refractivity (Wildman–Crippen MR) is 166 cm³/mol. The second kappa shape index (κ2) is 14.1. The molecule has 11 heteroatoms. The van der Waals surface area contributed by atoms with E-state index in [-0.39, 0.29) is 30.5 Å². The summed E-state index contributed by atoms with van der Waals surface area (Å²) in [5.41, 5.74) is 1.93. The summed E-state index contributed by atoms with van der Waals surface area (Å²) in [5.74, 6) is 0.292. The molecule has 0 spiro atoms. The fourth-order valence-electron chi connectivity index (χ4n) is 4.61. The van der Waals surface area contributed by atoms with Gasteiger partial charge in [0.25, 0.3) is 0 Å². The molecule has 1 heterocycles. The van der Waals surface area contributed by atoms with Crippen molar-refractivity contribution in [2.75, 3.05) is 36.9 Å². The van der Waals surface area contributed by atoms with E-state index >= 15 is 0 Å². The molecule has 4 rings (SSSR count). The highest BCUT2D eigenvalue weighted by molar-refractivity contribution is 9.10. The summed E-state index contributed by atoms with van der Waals surface area (Å²) in [7, 11) is -3.90. The van der Waals surface area contributed by atoms with Crippen LogP contribution in [-0.2, 0) is 32.6 Å². The van der Waals surface area contributed by atoms with E-state index in [2.05, 4.69) is 21.2 Å². The van der Waals surface area contributed by atoms with Crippen LogP contribution in [0.2, 0.25) is 0 Å². The zero-order chi connectivity index (χ0) is 30.3. The van der Waals surface area contributed by atoms with Crippen LogP contribution in [0, 0.1) is 5.92 Å². The normalized spacial score (nSPS) is 13.4. The van der Waals surface area contributed by atoms with Crippen molar-refractivity contribution in [2.24, 2.45) is 5.92 Å². The zero-order valence-corrected chi connectivity index (χ0v) is 26.4. The van der Waals surface area contributed by atoms with Crippen LogP contribution in [0.3, 0.4) is 0 Å². The van der Waals surface area contributed by atoms with Gasteiger partial charge in [-0.2, -0.15) is 0 Å². The molecule has 3 aromatic carbocycles. The van der Waals surface area contributed by atoms with E-state index in [0.717, 1.165) is 26.2 Å². The largest absolute Gasteiger partial charge is 0.486 e. The predicted octanol–water partition coefficient (Wildman–Crippen LogP) is 4.40. The molecular weight excluding hydrogens is 622 g/mol. The molecule has 0 bridgehead atoms. The quantitative estimate of drug-likeness (QED) is 0.310. The van der Waals surface area contributed by atoms with Crippen LogP contribution in [-0.4, -0.2) is 63.7 Å². The van der Waals surface area contributed by atoms with Gasteiger partial charge in [-0.05, 0) is 41.3 Å². The van der Waals surface area contributed by atoms with Gasteiger partial charge in [-0.15, -0.1) is 0 Å². The van der Waals surface area contributed by atoms with Gasteiger partial charge in [-0.25, -0.2) is 8.42 Å². The first kappa shape index (κ1) is 31.4. The van der Waals surface area contributed by atoms with E-state index in [1.807, 2.05) is 68.4 Å². The molecule has 1 N–H and O–H groups in total. The van der Waals surface area contributed by atoms with Crippen LogP contribution in [0.25, 0.3) is 0 Å². The molecule has 0 radical (unpaired) electrons.